The van der Waals surface area contributed by atoms with E-state index < -0.39 is 34.5 Å². The van der Waals surface area contributed by atoms with Gasteiger partial charge in [0.2, 0.25) is 15.9 Å². The van der Waals surface area contributed by atoms with Crippen molar-refractivity contribution in [1.29, 1.82) is 0 Å². The molecule has 20 heavy (non-hydrogen) atoms. The summed E-state index contributed by atoms with van der Waals surface area (Å²) >= 11 is 0. The standard InChI is InChI=1S/C11H14N2O6S/c12-10(15)7-1-3-8(4-2-7)20(18,19)13-9(5-6-14)11(16)17/h1-4,9,13-14H,5-6H2,(H2,12,15)(H,16,17)/t9-/m1/s1. The Kier molecular flexibility index (Phi) is 5.19. The van der Waals surface area contributed by atoms with Crippen LogP contribution in [0, 0.1) is 0 Å². The van der Waals surface area contributed by atoms with Crippen LogP contribution in [0.3, 0.4) is 0 Å². The number of nitrogens with one attached hydrogen (secondary N) is 1. The van der Waals surface area contributed by atoms with Gasteiger partial charge in [0.15, 0.2) is 0 Å². The minimum absolute atomic E-state index is 0.133. The third-order valence-electron chi connectivity index (χ3n) is 2.46. The fraction of sp³-hybridized carbons (Fsp3) is 0.273. The van der Waals surface area contributed by atoms with Crippen molar-refractivity contribution in [2.24, 2.45) is 5.73 Å². The van der Waals surface area contributed by atoms with Crippen LogP contribution in [-0.4, -0.2) is 43.2 Å². The molecule has 110 valence electrons. The summed E-state index contributed by atoms with van der Waals surface area (Å²) in [5, 5.41) is 17.5. The molecule has 0 bridgehead atoms. The Morgan fingerprint density at radius 2 is 1.80 bits per heavy atom. The molecule has 1 atom stereocenters. The summed E-state index contributed by atoms with van der Waals surface area (Å²) < 4.78 is 25.8. The van der Waals surface area contributed by atoms with Crippen LogP contribution in [0.15, 0.2) is 29.2 Å². The number of benzene rings is 1. The van der Waals surface area contributed by atoms with Gasteiger partial charge in [0.1, 0.15) is 6.04 Å². The van der Waals surface area contributed by atoms with Crippen LogP contribution in [0.1, 0.15) is 16.8 Å². The first-order valence-corrected chi connectivity index (χ1v) is 7.02. The molecule has 0 aliphatic rings. The molecule has 0 radical (unpaired) electrons. The molecule has 1 amide bonds. The molecule has 1 rings (SSSR count). The number of sulfonamides is 1. The Morgan fingerprint density at radius 3 is 2.20 bits per heavy atom. The monoisotopic (exact) mass is 302 g/mol. The third kappa shape index (κ3) is 4.02. The zero-order chi connectivity index (χ0) is 15.3. The van der Waals surface area contributed by atoms with E-state index in [0.29, 0.717) is 0 Å². The van der Waals surface area contributed by atoms with Crippen molar-refractivity contribution < 1.29 is 28.2 Å². The minimum atomic E-state index is -4.06. The molecule has 5 N–H and O–H groups in total. The Hall–Kier alpha value is -1.97. The normalized spacial score (nSPS) is 12.8. The molecule has 1 aromatic rings. The first kappa shape index (κ1) is 16.1. The maximum Gasteiger partial charge on any atom is 0.321 e. The molecule has 8 nitrogen and oxygen atoms in total. The number of aliphatic hydroxyl groups excluding tert-OH is 1. The van der Waals surface area contributed by atoms with Crippen LogP contribution in [0.25, 0.3) is 0 Å². The van der Waals surface area contributed by atoms with E-state index in [1.165, 1.54) is 12.1 Å². The van der Waals surface area contributed by atoms with E-state index in [1.807, 2.05) is 4.72 Å². The summed E-state index contributed by atoms with van der Waals surface area (Å²) in [4.78, 5) is 21.5. The molecule has 0 heterocycles. The Labute approximate surface area is 115 Å². The Balaban J connectivity index is 2.98. The maximum absolute atomic E-state index is 11.9. The molecule has 0 saturated heterocycles. The highest BCUT2D eigenvalue weighted by molar-refractivity contribution is 7.89. The second kappa shape index (κ2) is 6.46. The third-order valence-corrected chi connectivity index (χ3v) is 3.95. The van der Waals surface area contributed by atoms with Gasteiger partial charge in [-0.2, -0.15) is 4.72 Å². The molecule has 0 saturated carbocycles. The van der Waals surface area contributed by atoms with Crippen molar-refractivity contribution in [3.63, 3.8) is 0 Å². The predicted molar refractivity (Wildman–Crippen MR) is 68.4 cm³/mol. The SMILES string of the molecule is NC(=O)c1ccc(S(=O)(=O)N[C@H](CCO)C(=O)O)cc1. The van der Waals surface area contributed by atoms with Gasteiger partial charge in [0.25, 0.3) is 0 Å². The predicted octanol–water partition coefficient (Wildman–Crippen LogP) is -1.10. The molecular weight excluding hydrogens is 288 g/mol. The van der Waals surface area contributed by atoms with Crippen LogP contribution in [0.5, 0.6) is 0 Å². The van der Waals surface area contributed by atoms with E-state index in [2.05, 4.69) is 0 Å². The molecule has 0 aromatic heterocycles. The van der Waals surface area contributed by atoms with Gasteiger partial charge in [-0.3, -0.25) is 9.59 Å². The average Bonchev–Trinajstić information content (AvgIpc) is 2.38. The molecule has 0 spiro atoms. The van der Waals surface area contributed by atoms with Crippen molar-refractivity contribution in [2.75, 3.05) is 6.61 Å². The average molecular weight is 302 g/mol. The van der Waals surface area contributed by atoms with Gasteiger partial charge in [0, 0.05) is 12.2 Å². The number of hydrogen-bond donors (Lipinski definition) is 4. The van der Waals surface area contributed by atoms with Gasteiger partial charge in [-0.1, -0.05) is 0 Å². The largest absolute Gasteiger partial charge is 0.480 e. The van der Waals surface area contributed by atoms with Crippen molar-refractivity contribution in [3.8, 4) is 0 Å². The lowest BCUT2D eigenvalue weighted by atomic mass is 10.2. The fourth-order valence-electron chi connectivity index (χ4n) is 1.42. The number of aliphatic carboxylic acids is 1. The Bertz CT molecular complexity index is 596. The fourth-order valence-corrected chi connectivity index (χ4v) is 2.64. The highest BCUT2D eigenvalue weighted by atomic mass is 32.2. The summed E-state index contributed by atoms with van der Waals surface area (Å²) in [6.45, 7) is -0.472. The van der Waals surface area contributed by atoms with E-state index in [-0.39, 0.29) is 16.9 Å². The first-order valence-electron chi connectivity index (χ1n) is 5.54. The zero-order valence-electron chi connectivity index (χ0n) is 10.3. The first-order chi connectivity index (χ1) is 9.27. The summed E-state index contributed by atoms with van der Waals surface area (Å²) in [5.41, 5.74) is 5.16. The lowest BCUT2D eigenvalue weighted by Gasteiger charge is -2.13. The van der Waals surface area contributed by atoms with Gasteiger partial charge < -0.3 is 15.9 Å². The lowest BCUT2D eigenvalue weighted by Crippen LogP contribution is -2.41. The number of carbonyl (C=O) groups excluding carboxylic acids is 1. The number of nitrogens with two attached hydrogens (primary N) is 1. The van der Waals surface area contributed by atoms with Gasteiger partial charge in [0.05, 0.1) is 4.90 Å². The van der Waals surface area contributed by atoms with Crippen LogP contribution in [-0.2, 0) is 14.8 Å². The molecular formula is C11H14N2O6S. The van der Waals surface area contributed by atoms with E-state index in [0.717, 1.165) is 12.1 Å². The molecule has 0 aliphatic heterocycles. The minimum Gasteiger partial charge on any atom is -0.480 e. The van der Waals surface area contributed by atoms with Crippen LogP contribution in [0.4, 0.5) is 0 Å². The number of rotatable bonds is 7. The maximum atomic E-state index is 11.9. The summed E-state index contributed by atoms with van der Waals surface area (Å²) in [6, 6.07) is 3.29. The van der Waals surface area contributed by atoms with Crippen molar-refractivity contribution in [1.82, 2.24) is 4.72 Å². The highest BCUT2D eigenvalue weighted by Gasteiger charge is 2.24. The number of amides is 1. The van der Waals surface area contributed by atoms with Crippen LogP contribution in [0.2, 0.25) is 0 Å². The lowest BCUT2D eigenvalue weighted by molar-refractivity contribution is -0.139. The van der Waals surface area contributed by atoms with Gasteiger partial charge >= 0.3 is 5.97 Å². The van der Waals surface area contributed by atoms with E-state index >= 15 is 0 Å². The summed E-state index contributed by atoms with van der Waals surface area (Å²) in [6.07, 6.45) is -0.256. The van der Waals surface area contributed by atoms with Crippen molar-refractivity contribution in [3.05, 3.63) is 29.8 Å². The van der Waals surface area contributed by atoms with Gasteiger partial charge in [-0.25, -0.2) is 8.42 Å². The molecule has 1 aromatic carbocycles. The van der Waals surface area contributed by atoms with E-state index in [9.17, 15) is 18.0 Å². The number of primary amides is 1. The van der Waals surface area contributed by atoms with Crippen molar-refractivity contribution >= 4 is 21.9 Å². The quantitative estimate of drug-likeness (QED) is 0.502. The summed E-state index contributed by atoms with van der Waals surface area (Å²) in [5.74, 6) is -2.10. The van der Waals surface area contributed by atoms with Crippen LogP contribution < -0.4 is 10.5 Å². The van der Waals surface area contributed by atoms with Gasteiger partial charge in [-0.05, 0) is 30.7 Å². The number of carbonyl (C=O) groups is 2. The van der Waals surface area contributed by atoms with Crippen LogP contribution >= 0.6 is 0 Å². The number of carboxylic acids is 1. The van der Waals surface area contributed by atoms with E-state index in [1.54, 1.807) is 0 Å². The van der Waals surface area contributed by atoms with E-state index in [4.69, 9.17) is 15.9 Å². The zero-order valence-corrected chi connectivity index (χ0v) is 11.1. The molecule has 0 fully saturated rings. The van der Waals surface area contributed by atoms with Crippen molar-refractivity contribution in [2.45, 2.75) is 17.4 Å². The second-order valence-corrected chi connectivity index (χ2v) is 5.63. The second-order valence-electron chi connectivity index (χ2n) is 3.91. The topological polar surface area (TPSA) is 147 Å². The number of carboxylic acid groups (broad SMARTS) is 1. The molecule has 0 unspecified atom stereocenters. The molecule has 9 heteroatoms. The molecule has 0 aliphatic carbocycles. The highest BCUT2D eigenvalue weighted by Crippen LogP contribution is 2.11. The van der Waals surface area contributed by atoms with Gasteiger partial charge in [-0.15, -0.1) is 0 Å². The smallest absolute Gasteiger partial charge is 0.321 e. The number of hydrogen-bond acceptors (Lipinski definition) is 5. The number of aliphatic hydroxyl groups is 1. The summed E-state index contributed by atoms with van der Waals surface area (Å²) in [7, 11) is -4.06. The Morgan fingerprint density at radius 1 is 1.25 bits per heavy atom.